The molecule has 0 spiro atoms. The number of amides is 2. The highest BCUT2D eigenvalue weighted by Crippen LogP contribution is 2.24. The van der Waals surface area contributed by atoms with Gasteiger partial charge in [0.2, 0.25) is 5.91 Å². The van der Waals surface area contributed by atoms with Crippen LogP contribution in [0.2, 0.25) is 0 Å². The molecule has 1 aliphatic rings. The van der Waals surface area contributed by atoms with Crippen molar-refractivity contribution in [3.8, 4) is 11.5 Å². The molecule has 2 aromatic carbocycles. The normalized spacial score (nSPS) is 16.5. The first-order valence-electron chi connectivity index (χ1n) is 8.98. The third-order valence-electron chi connectivity index (χ3n) is 4.33. The lowest BCUT2D eigenvalue weighted by molar-refractivity contribution is -0.117. The van der Waals surface area contributed by atoms with Crippen LogP contribution in [0.1, 0.15) is 30.6 Å². The largest absolute Gasteiger partial charge is 0.497 e. The van der Waals surface area contributed by atoms with E-state index in [-0.39, 0.29) is 30.4 Å². The molecule has 1 saturated heterocycles. The van der Waals surface area contributed by atoms with E-state index in [1.165, 1.54) is 0 Å². The van der Waals surface area contributed by atoms with Crippen molar-refractivity contribution in [1.29, 1.82) is 0 Å². The summed E-state index contributed by atoms with van der Waals surface area (Å²) < 4.78 is 10.7. The fourth-order valence-electron chi connectivity index (χ4n) is 3.04. The lowest BCUT2D eigenvalue weighted by Gasteiger charge is -2.17. The molecule has 142 valence electrons. The van der Waals surface area contributed by atoms with Crippen molar-refractivity contribution in [2.45, 2.75) is 32.4 Å². The molecule has 0 unspecified atom stereocenters. The second-order valence-electron chi connectivity index (χ2n) is 6.77. The van der Waals surface area contributed by atoms with Crippen molar-refractivity contribution < 1.29 is 19.1 Å². The summed E-state index contributed by atoms with van der Waals surface area (Å²) in [6, 6.07) is 14.1. The van der Waals surface area contributed by atoms with Gasteiger partial charge in [-0.1, -0.05) is 0 Å². The Bertz CT molecular complexity index is 800. The highest BCUT2D eigenvalue weighted by Gasteiger charge is 2.31. The van der Waals surface area contributed by atoms with Gasteiger partial charge >= 0.3 is 0 Å². The highest BCUT2D eigenvalue weighted by molar-refractivity contribution is 5.99. The Kier molecular flexibility index (Phi) is 5.64. The average molecular weight is 368 g/mol. The minimum atomic E-state index is -0.223. The molecule has 2 amide bonds. The summed E-state index contributed by atoms with van der Waals surface area (Å²) in [6.07, 6.45) is 0.366. The zero-order chi connectivity index (χ0) is 19.4. The molecule has 3 rings (SSSR count). The fraction of sp³-hybridized carbons (Fsp3) is 0.333. The Morgan fingerprint density at radius 3 is 2.30 bits per heavy atom. The molecule has 0 aliphatic carbocycles. The second-order valence-corrected chi connectivity index (χ2v) is 6.77. The SMILES string of the molecule is COc1ccc(N2C[C@H](NC(=O)c3ccc(OC(C)C)cc3)CC2=O)cc1. The number of rotatable bonds is 6. The lowest BCUT2D eigenvalue weighted by atomic mass is 10.1. The van der Waals surface area contributed by atoms with E-state index >= 15 is 0 Å². The molecular formula is C21H24N2O4. The van der Waals surface area contributed by atoms with E-state index in [0.29, 0.717) is 12.1 Å². The maximum atomic E-state index is 12.5. The van der Waals surface area contributed by atoms with Gasteiger partial charge in [-0.15, -0.1) is 0 Å². The van der Waals surface area contributed by atoms with E-state index in [9.17, 15) is 9.59 Å². The number of hydrogen-bond acceptors (Lipinski definition) is 4. The van der Waals surface area contributed by atoms with E-state index < -0.39 is 0 Å². The third-order valence-corrected chi connectivity index (χ3v) is 4.33. The van der Waals surface area contributed by atoms with E-state index in [0.717, 1.165) is 17.2 Å². The Morgan fingerprint density at radius 1 is 1.07 bits per heavy atom. The molecule has 1 heterocycles. The number of methoxy groups -OCH3 is 1. The van der Waals surface area contributed by atoms with E-state index in [4.69, 9.17) is 9.47 Å². The molecule has 0 saturated carbocycles. The predicted octanol–water partition coefficient (Wildman–Crippen LogP) is 3.02. The van der Waals surface area contributed by atoms with Gasteiger partial charge in [-0.25, -0.2) is 0 Å². The van der Waals surface area contributed by atoms with Crippen molar-refractivity contribution in [3.63, 3.8) is 0 Å². The number of benzene rings is 2. The summed E-state index contributed by atoms with van der Waals surface area (Å²) in [6.45, 7) is 4.35. The van der Waals surface area contributed by atoms with Gasteiger partial charge in [-0.05, 0) is 62.4 Å². The first-order chi connectivity index (χ1) is 13.0. The van der Waals surface area contributed by atoms with Crippen molar-refractivity contribution in [2.75, 3.05) is 18.6 Å². The van der Waals surface area contributed by atoms with Crippen molar-refractivity contribution in [1.82, 2.24) is 5.32 Å². The molecule has 1 atom stereocenters. The van der Waals surface area contributed by atoms with Crippen LogP contribution in [-0.4, -0.2) is 37.6 Å². The third kappa shape index (κ3) is 4.58. The zero-order valence-corrected chi connectivity index (χ0v) is 15.8. The Balaban J connectivity index is 1.61. The summed E-state index contributed by atoms with van der Waals surface area (Å²) >= 11 is 0. The minimum absolute atomic E-state index is 0.00820. The number of ether oxygens (including phenoxy) is 2. The van der Waals surface area contributed by atoms with Crippen LogP contribution in [0, 0.1) is 0 Å². The monoisotopic (exact) mass is 368 g/mol. The van der Waals surface area contributed by atoms with Crippen LogP contribution in [0.4, 0.5) is 5.69 Å². The van der Waals surface area contributed by atoms with Crippen LogP contribution in [0.3, 0.4) is 0 Å². The maximum Gasteiger partial charge on any atom is 0.251 e. The average Bonchev–Trinajstić information content (AvgIpc) is 3.02. The van der Waals surface area contributed by atoms with Gasteiger partial charge < -0.3 is 19.7 Å². The van der Waals surface area contributed by atoms with Gasteiger partial charge in [0.25, 0.3) is 5.91 Å². The van der Waals surface area contributed by atoms with E-state index in [1.807, 2.05) is 38.1 Å². The standard InChI is InChI=1S/C21H24N2O4/c1-14(2)27-19-8-4-15(5-9-19)21(25)22-16-12-20(24)23(13-16)17-6-10-18(26-3)11-7-17/h4-11,14,16H,12-13H2,1-3H3,(H,22,25)/t16-/m1/s1. The number of carbonyl (C=O) groups excluding carboxylic acids is 2. The van der Waals surface area contributed by atoms with Gasteiger partial charge in [0.1, 0.15) is 11.5 Å². The zero-order valence-electron chi connectivity index (χ0n) is 15.8. The summed E-state index contributed by atoms with van der Waals surface area (Å²) in [4.78, 5) is 26.5. The summed E-state index contributed by atoms with van der Waals surface area (Å²) in [5.74, 6) is 1.26. The first kappa shape index (κ1) is 18.8. The number of carbonyl (C=O) groups is 2. The van der Waals surface area contributed by atoms with E-state index in [2.05, 4.69) is 5.32 Å². The molecule has 6 heteroatoms. The molecule has 1 fully saturated rings. The second kappa shape index (κ2) is 8.12. The molecule has 1 N–H and O–H groups in total. The van der Waals surface area contributed by atoms with Crippen LogP contribution >= 0.6 is 0 Å². The summed E-state index contributed by atoms with van der Waals surface area (Å²) in [7, 11) is 1.60. The van der Waals surface area contributed by atoms with Crippen molar-refractivity contribution >= 4 is 17.5 Å². The molecule has 2 aromatic rings. The molecule has 0 radical (unpaired) electrons. The summed E-state index contributed by atoms with van der Waals surface area (Å²) in [5, 5.41) is 2.94. The molecule has 27 heavy (non-hydrogen) atoms. The van der Waals surface area contributed by atoms with Crippen molar-refractivity contribution in [3.05, 3.63) is 54.1 Å². The Morgan fingerprint density at radius 2 is 1.70 bits per heavy atom. The molecular weight excluding hydrogens is 344 g/mol. The van der Waals surface area contributed by atoms with Crippen molar-refractivity contribution in [2.24, 2.45) is 0 Å². The number of nitrogens with zero attached hydrogens (tertiary/aromatic N) is 1. The maximum absolute atomic E-state index is 12.5. The minimum Gasteiger partial charge on any atom is -0.497 e. The Labute approximate surface area is 159 Å². The number of hydrogen-bond donors (Lipinski definition) is 1. The highest BCUT2D eigenvalue weighted by atomic mass is 16.5. The number of anilines is 1. The van der Waals surface area contributed by atoms with Gasteiger partial charge in [0.05, 0.1) is 19.3 Å². The summed E-state index contributed by atoms with van der Waals surface area (Å²) in [5.41, 5.74) is 1.34. The number of nitrogens with one attached hydrogen (secondary N) is 1. The fourth-order valence-corrected chi connectivity index (χ4v) is 3.04. The van der Waals surface area contributed by atoms with Crippen LogP contribution in [-0.2, 0) is 4.79 Å². The molecule has 0 bridgehead atoms. The van der Waals surface area contributed by atoms with Crippen LogP contribution in [0.15, 0.2) is 48.5 Å². The van der Waals surface area contributed by atoms with Gasteiger partial charge in [0, 0.05) is 24.2 Å². The Hall–Kier alpha value is -3.02. The van der Waals surface area contributed by atoms with Crippen LogP contribution < -0.4 is 19.7 Å². The lowest BCUT2D eigenvalue weighted by Crippen LogP contribution is -2.37. The molecule has 0 aromatic heterocycles. The first-order valence-corrected chi connectivity index (χ1v) is 8.98. The smallest absolute Gasteiger partial charge is 0.251 e. The topological polar surface area (TPSA) is 67.9 Å². The van der Waals surface area contributed by atoms with E-state index in [1.54, 1.807) is 36.3 Å². The molecule has 6 nitrogen and oxygen atoms in total. The van der Waals surface area contributed by atoms with Crippen LogP contribution in [0.25, 0.3) is 0 Å². The molecule has 1 aliphatic heterocycles. The van der Waals surface area contributed by atoms with Gasteiger partial charge in [0.15, 0.2) is 0 Å². The van der Waals surface area contributed by atoms with Gasteiger partial charge in [-0.2, -0.15) is 0 Å². The van der Waals surface area contributed by atoms with Gasteiger partial charge in [-0.3, -0.25) is 9.59 Å². The predicted molar refractivity (Wildman–Crippen MR) is 103 cm³/mol. The van der Waals surface area contributed by atoms with Crippen LogP contribution in [0.5, 0.6) is 11.5 Å². The quantitative estimate of drug-likeness (QED) is 0.851.